The Kier molecular flexibility index (Phi) is 5.25. The van der Waals surface area contributed by atoms with Crippen molar-refractivity contribution in [2.75, 3.05) is 5.32 Å². The molecule has 0 radical (unpaired) electrons. The summed E-state index contributed by atoms with van der Waals surface area (Å²) in [7, 11) is 0. The maximum Gasteiger partial charge on any atom is 0.226 e. The Morgan fingerprint density at radius 1 is 1.47 bits per heavy atom. The van der Waals surface area contributed by atoms with Gasteiger partial charge in [-0.05, 0) is 25.0 Å². The van der Waals surface area contributed by atoms with Gasteiger partial charge in [0.25, 0.3) is 0 Å². The van der Waals surface area contributed by atoms with Crippen LogP contribution in [-0.2, 0) is 4.79 Å². The molecular weight excluding hydrogens is 259 g/mol. The molecule has 0 aliphatic rings. The van der Waals surface area contributed by atoms with Crippen molar-refractivity contribution < 1.29 is 4.79 Å². The van der Waals surface area contributed by atoms with Crippen molar-refractivity contribution in [3.05, 3.63) is 27.7 Å². The molecule has 3 N–H and O–H groups in total. The predicted molar refractivity (Wildman–Crippen MR) is 72.7 cm³/mol. The lowest BCUT2D eigenvalue weighted by molar-refractivity contribution is -0.116. The number of amides is 1. The average Bonchev–Trinajstić information content (AvgIpc) is 2.29. The molecule has 0 fully saturated rings. The summed E-state index contributed by atoms with van der Waals surface area (Å²) in [6, 6.07) is 3.37. The number of carbonyl (C=O) groups is 1. The number of hydrogen-bond donors (Lipinski definition) is 2. The van der Waals surface area contributed by atoms with Gasteiger partial charge < -0.3 is 11.1 Å². The molecule has 0 saturated heterocycles. The fourth-order valence-electron chi connectivity index (χ4n) is 1.34. The highest BCUT2D eigenvalue weighted by Gasteiger charge is 2.13. The Labute approximate surface area is 111 Å². The first-order chi connectivity index (χ1) is 7.95. The number of aryl methyl sites for hydroxylation is 1. The van der Waals surface area contributed by atoms with E-state index in [1.165, 1.54) is 0 Å². The van der Waals surface area contributed by atoms with E-state index in [2.05, 4.69) is 5.32 Å². The number of nitrogens with two attached hydrogens (primary N) is 1. The van der Waals surface area contributed by atoms with Gasteiger partial charge in [-0.3, -0.25) is 4.79 Å². The molecule has 0 saturated carbocycles. The van der Waals surface area contributed by atoms with Crippen LogP contribution in [0, 0.1) is 6.92 Å². The van der Waals surface area contributed by atoms with Crippen molar-refractivity contribution in [2.24, 2.45) is 5.73 Å². The molecule has 1 amide bonds. The van der Waals surface area contributed by atoms with Gasteiger partial charge in [-0.15, -0.1) is 0 Å². The summed E-state index contributed by atoms with van der Waals surface area (Å²) in [5, 5.41) is 3.60. The quantitative estimate of drug-likeness (QED) is 0.885. The van der Waals surface area contributed by atoms with Crippen molar-refractivity contribution in [3.8, 4) is 0 Å². The van der Waals surface area contributed by atoms with Crippen LogP contribution >= 0.6 is 23.2 Å². The molecule has 1 unspecified atom stereocenters. The van der Waals surface area contributed by atoms with E-state index in [1.807, 2.05) is 13.8 Å². The van der Waals surface area contributed by atoms with Crippen molar-refractivity contribution in [3.63, 3.8) is 0 Å². The minimum atomic E-state index is -0.172. The second-order valence-corrected chi connectivity index (χ2v) is 4.76. The lowest BCUT2D eigenvalue weighted by atomic mass is 10.1. The smallest absolute Gasteiger partial charge is 0.226 e. The standard InChI is InChI=1S/C12H16Cl2N2O/c1-3-8(15)6-10(17)16-12-9(13)5-4-7(2)11(12)14/h4-5,8H,3,6,15H2,1-2H3,(H,16,17). The largest absolute Gasteiger partial charge is 0.327 e. The van der Waals surface area contributed by atoms with E-state index in [1.54, 1.807) is 12.1 Å². The molecule has 1 atom stereocenters. The zero-order valence-electron chi connectivity index (χ0n) is 9.89. The maximum atomic E-state index is 11.7. The van der Waals surface area contributed by atoms with Gasteiger partial charge in [-0.2, -0.15) is 0 Å². The van der Waals surface area contributed by atoms with Crippen molar-refractivity contribution in [1.29, 1.82) is 0 Å². The average molecular weight is 275 g/mol. The van der Waals surface area contributed by atoms with Gasteiger partial charge in [0, 0.05) is 12.5 Å². The Balaban J connectivity index is 2.81. The van der Waals surface area contributed by atoms with Crippen LogP contribution in [0.3, 0.4) is 0 Å². The van der Waals surface area contributed by atoms with E-state index in [9.17, 15) is 4.79 Å². The van der Waals surface area contributed by atoms with E-state index in [0.29, 0.717) is 15.7 Å². The van der Waals surface area contributed by atoms with Crippen molar-refractivity contribution in [2.45, 2.75) is 32.7 Å². The highest BCUT2D eigenvalue weighted by molar-refractivity contribution is 6.40. The molecule has 3 nitrogen and oxygen atoms in total. The summed E-state index contributed by atoms with van der Waals surface area (Å²) >= 11 is 12.1. The first-order valence-electron chi connectivity index (χ1n) is 5.45. The molecule has 1 aromatic carbocycles. The minimum absolute atomic E-state index is 0.141. The summed E-state index contributed by atoms with van der Waals surface area (Å²) in [5.41, 5.74) is 7.03. The van der Waals surface area contributed by atoms with Gasteiger partial charge in [-0.25, -0.2) is 0 Å². The number of benzene rings is 1. The molecule has 0 bridgehead atoms. The third-order valence-electron chi connectivity index (χ3n) is 2.52. The molecule has 0 heterocycles. The lowest BCUT2D eigenvalue weighted by Gasteiger charge is -2.13. The van der Waals surface area contributed by atoms with Crippen LogP contribution in [0.1, 0.15) is 25.3 Å². The fraction of sp³-hybridized carbons (Fsp3) is 0.417. The highest BCUT2D eigenvalue weighted by Crippen LogP contribution is 2.32. The molecule has 1 aromatic rings. The van der Waals surface area contributed by atoms with E-state index < -0.39 is 0 Å². The van der Waals surface area contributed by atoms with Gasteiger partial charge >= 0.3 is 0 Å². The summed E-state index contributed by atoms with van der Waals surface area (Å²) in [6.45, 7) is 3.79. The van der Waals surface area contributed by atoms with Crippen LogP contribution in [0.2, 0.25) is 10.0 Å². The molecule has 0 aromatic heterocycles. The summed E-state index contributed by atoms with van der Waals surface area (Å²) in [5.74, 6) is -0.172. The maximum absolute atomic E-state index is 11.7. The van der Waals surface area contributed by atoms with E-state index in [4.69, 9.17) is 28.9 Å². The number of nitrogens with one attached hydrogen (secondary N) is 1. The van der Waals surface area contributed by atoms with Gasteiger partial charge in [0.15, 0.2) is 0 Å². The second kappa shape index (κ2) is 6.24. The number of halogens is 2. The van der Waals surface area contributed by atoms with Crippen LogP contribution in [-0.4, -0.2) is 11.9 Å². The number of rotatable bonds is 4. The zero-order valence-corrected chi connectivity index (χ0v) is 11.4. The summed E-state index contributed by atoms with van der Waals surface area (Å²) < 4.78 is 0. The van der Waals surface area contributed by atoms with E-state index >= 15 is 0 Å². The third kappa shape index (κ3) is 3.87. The summed E-state index contributed by atoms with van der Waals surface area (Å²) in [4.78, 5) is 11.7. The normalized spacial score (nSPS) is 12.3. The zero-order chi connectivity index (χ0) is 13.0. The highest BCUT2D eigenvalue weighted by atomic mass is 35.5. The van der Waals surface area contributed by atoms with Crippen molar-refractivity contribution in [1.82, 2.24) is 0 Å². The Morgan fingerprint density at radius 2 is 2.12 bits per heavy atom. The molecule has 17 heavy (non-hydrogen) atoms. The van der Waals surface area contributed by atoms with Crippen LogP contribution in [0.4, 0.5) is 5.69 Å². The molecule has 0 aliphatic heterocycles. The monoisotopic (exact) mass is 274 g/mol. The lowest BCUT2D eigenvalue weighted by Crippen LogP contribution is -2.26. The number of anilines is 1. The van der Waals surface area contributed by atoms with E-state index in [0.717, 1.165) is 12.0 Å². The fourth-order valence-corrected chi connectivity index (χ4v) is 1.81. The molecule has 1 rings (SSSR count). The first-order valence-corrected chi connectivity index (χ1v) is 6.21. The van der Waals surface area contributed by atoms with Crippen LogP contribution in [0.25, 0.3) is 0 Å². The van der Waals surface area contributed by atoms with Gasteiger partial charge in [0.2, 0.25) is 5.91 Å². The van der Waals surface area contributed by atoms with Crippen molar-refractivity contribution >= 4 is 34.8 Å². The minimum Gasteiger partial charge on any atom is -0.327 e. The Morgan fingerprint density at radius 3 is 2.71 bits per heavy atom. The molecule has 0 spiro atoms. The molecule has 0 aliphatic carbocycles. The summed E-state index contributed by atoms with van der Waals surface area (Å²) in [6.07, 6.45) is 1.01. The van der Waals surface area contributed by atoms with Gasteiger partial charge in [-0.1, -0.05) is 36.2 Å². The van der Waals surface area contributed by atoms with Crippen LogP contribution in [0.5, 0.6) is 0 Å². The Hall–Kier alpha value is -0.770. The Bertz CT molecular complexity index is 421. The first kappa shape index (κ1) is 14.3. The van der Waals surface area contributed by atoms with Gasteiger partial charge in [0.05, 0.1) is 15.7 Å². The van der Waals surface area contributed by atoms with Crippen LogP contribution < -0.4 is 11.1 Å². The topological polar surface area (TPSA) is 55.1 Å². The van der Waals surface area contributed by atoms with Gasteiger partial charge in [0.1, 0.15) is 0 Å². The molecule has 5 heteroatoms. The second-order valence-electron chi connectivity index (χ2n) is 3.97. The third-order valence-corrected chi connectivity index (χ3v) is 3.32. The SMILES string of the molecule is CCC(N)CC(=O)Nc1c(Cl)ccc(C)c1Cl. The van der Waals surface area contributed by atoms with E-state index in [-0.39, 0.29) is 18.4 Å². The van der Waals surface area contributed by atoms with Crippen LogP contribution in [0.15, 0.2) is 12.1 Å². The predicted octanol–water partition coefficient (Wildman–Crippen LogP) is 3.37. The molecular formula is C12H16Cl2N2O. The molecule has 94 valence electrons. The number of carbonyl (C=O) groups excluding carboxylic acids is 1. The number of hydrogen-bond acceptors (Lipinski definition) is 2.